The minimum absolute atomic E-state index is 0.833. The van der Waals surface area contributed by atoms with Crippen molar-refractivity contribution in [2.75, 3.05) is 13.1 Å². The summed E-state index contributed by atoms with van der Waals surface area (Å²) in [6.45, 7) is 8.35. The van der Waals surface area contributed by atoms with Gasteiger partial charge in [0.2, 0.25) is 0 Å². The number of likely N-dealkylation sites (tertiary alicyclic amines) is 1. The number of nitrogens with zero attached hydrogens (tertiary/aromatic N) is 1. The number of piperidine rings is 1. The van der Waals surface area contributed by atoms with Crippen molar-refractivity contribution in [3.05, 3.63) is 0 Å². The monoisotopic (exact) mass is 215 g/mol. The highest BCUT2D eigenvalue weighted by Crippen LogP contribution is 2.18. The van der Waals surface area contributed by atoms with E-state index in [0.717, 1.165) is 13.0 Å². The van der Waals surface area contributed by atoms with Gasteiger partial charge in [0.05, 0.1) is 0 Å². The number of carboxylic acid groups (broad SMARTS) is 1. The number of rotatable bonds is 3. The van der Waals surface area contributed by atoms with E-state index in [0.29, 0.717) is 0 Å². The molecule has 1 aliphatic heterocycles. The first-order valence-corrected chi connectivity index (χ1v) is 6.05. The molecule has 1 unspecified atom stereocenters. The fourth-order valence-corrected chi connectivity index (χ4v) is 2.10. The van der Waals surface area contributed by atoms with E-state index in [1.54, 1.807) is 0 Å². The predicted molar refractivity (Wildman–Crippen MR) is 63.1 cm³/mol. The van der Waals surface area contributed by atoms with Gasteiger partial charge >= 0.3 is 0 Å². The zero-order chi connectivity index (χ0) is 11.7. The fourth-order valence-electron chi connectivity index (χ4n) is 2.10. The minimum Gasteiger partial charge on any atom is -0.481 e. The molecule has 0 aliphatic carbocycles. The van der Waals surface area contributed by atoms with Gasteiger partial charge in [0.1, 0.15) is 0 Å². The van der Waals surface area contributed by atoms with Crippen LogP contribution >= 0.6 is 0 Å². The van der Waals surface area contributed by atoms with Crippen LogP contribution in [0.2, 0.25) is 0 Å². The number of carboxylic acids is 1. The van der Waals surface area contributed by atoms with Crippen LogP contribution in [-0.2, 0) is 4.79 Å². The van der Waals surface area contributed by atoms with E-state index in [4.69, 9.17) is 9.90 Å². The SMILES string of the molecule is CC(=O)O.CCCN1CCCCC1CC. The molecule has 1 heterocycles. The van der Waals surface area contributed by atoms with Gasteiger partial charge in [0.15, 0.2) is 0 Å². The van der Waals surface area contributed by atoms with Crippen LogP contribution in [-0.4, -0.2) is 35.1 Å². The summed E-state index contributed by atoms with van der Waals surface area (Å²) in [6, 6.07) is 0.906. The predicted octanol–water partition coefficient (Wildman–Crippen LogP) is 2.75. The number of aliphatic carboxylic acids is 1. The molecule has 15 heavy (non-hydrogen) atoms. The van der Waals surface area contributed by atoms with Gasteiger partial charge in [-0.25, -0.2) is 0 Å². The van der Waals surface area contributed by atoms with E-state index < -0.39 is 5.97 Å². The molecule has 0 amide bonds. The number of hydrogen-bond acceptors (Lipinski definition) is 2. The quantitative estimate of drug-likeness (QED) is 0.787. The van der Waals surface area contributed by atoms with Crippen molar-refractivity contribution in [1.29, 1.82) is 0 Å². The fraction of sp³-hybridized carbons (Fsp3) is 0.917. The molecule has 1 aliphatic rings. The Balaban J connectivity index is 0.000000423. The Hall–Kier alpha value is -0.570. The molecular formula is C12H25NO2. The minimum atomic E-state index is -0.833. The highest BCUT2D eigenvalue weighted by molar-refractivity contribution is 5.62. The molecule has 1 fully saturated rings. The van der Waals surface area contributed by atoms with Crippen LogP contribution in [0.15, 0.2) is 0 Å². The molecule has 1 saturated heterocycles. The summed E-state index contributed by atoms with van der Waals surface area (Å²) in [5.41, 5.74) is 0. The van der Waals surface area contributed by atoms with Gasteiger partial charge in [-0.2, -0.15) is 0 Å². The Morgan fingerprint density at radius 3 is 2.47 bits per heavy atom. The number of carbonyl (C=O) groups is 1. The normalized spacial score (nSPS) is 21.7. The van der Waals surface area contributed by atoms with E-state index in [1.165, 1.54) is 45.2 Å². The van der Waals surface area contributed by atoms with Gasteiger partial charge in [-0.05, 0) is 38.8 Å². The zero-order valence-electron chi connectivity index (χ0n) is 10.3. The second-order valence-corrected chi connectivity index (χ2v) is 4.11. The first-order valence-electron chi connectivity index (χ1n) is 6.05. The van der Waals surface area contributed by atoms with E-state index in [-0.39, 0.29) is 0 Å². The maximum absolute atomic E-state index is 9.00. The number of hydrogen-bond donors (Lipinski definition) is 1. The molecule has 0 aromatic rings. The molecule has 0 aromatic heterocycles. The lowest BCUT2D eigenvalue weighted by Gasteiger charge is -2.34. The van der Waals surface area contributed by atoms with Gasteiger partial charge in [0.25, 0.3) is 5.97 Å². The Morgan fingerprint density at radius 1 is 1.40 bits per heavy atom. The van der Waals surface area contributed by atoms with Crippen LogP contribution in [0.3, 0.4) is 0 Å². The molecule has 0 radical (unpaired) electrons. The van der Waals surface area contributed by atoms with Crippen molar-refractivity contribution in [1.82, 2.24) is 4.90 Å². The zero-order valence-corrected chi connectivity index (χ0v) is 10.3. The molecule has 3 nitrogen and oxygen atoms in total. The average Bonchev–Trinajstić information content (AvgIpc) is 2.18. The Morgan fingerprint density at radius 2 is 2.00 bits per heavy atom. The maximum Gasteiger partial charge on any atom is 0.300 e. The molecular weight excluding hydrogens is 190 g/mol. The van der Waals surface area contributed by atoms with Crippen LogP contribution < -0.4 is 0 Å². The van der Waals surface area contributed by atoms with Crippen LogP contribution in [0.4, 0.5) is 0 Å². The summed E-state index contributed by atoms with van der Waals surface area (Å²) in [5, 5.41) is 7.42. The lowest BCUT2D eigenvalue weighted by atomic mass is 10.00. The second kappa shape index (κ2) is 8.72. The summed E-state index contributed by atoms with van der Waals surface area (Å²) < 4.78 is 0. The van der Waals surface area contributed by atoms with E-state index in [2.05, 4.69) is 18.7 Å². The van der Waals surface area contributed by atoms with Gasteiger partial charge < -0.3 is 10.0 Å². The van der Waals surface area contributed by atoms with Gasteiger partial charge in [-0.15, -0.1) is 0 Å². The first-order chi connectivity index (χ1) is 7.11. The largest absolute Gasteiger partial charge is 0.481 e. The highest BCUT2D eigenvalue weighted by Gasteiger charge is 2.18. The van der Waals surface area contributed by atoms with E-state index in [1.807, 2.05) is 0 Å². The smallest absolute Gasteiger partial charge is 0.300 e. The summed E-state index contributed by atoms with van der Waals surface area (Å²) >= 11 is 0. The Kier molecular flexibility index (Phi) is 8.38. The third-order valence-electron chi connectivity index (χ3n) is 2.73. The third-order valence-corrected chi connectivity index (χ3v) is 2.73. The second-order valence-electron chi connectivity index (χ2n) is 4.11. The summed E-state index contributed by atoms with van der Waals surface area (Å²) in [5.74, 6) is -0.833. The van der Waals surface area contributed by atoms with Crippen LogP contribution in [0.1, 0.15) is 52.9 Å². The summed E-state index contributed by atoms with van der Waals surface area (Å²) in [7, 11) is 0. The van der Waals surface area contributed by atoms with Gasteiger partial charge in [0, 0.05) is 13.0 Å². The summed E-state index contributed by atoms with van der Waals surface area (Å²) in [4.78, 5) is 11.7. The Labute approximate surface area is 93.5 Å². The lowest BCUT2D eigenvalue weighted by Crippen LogP contribution is -2.39. The van der Waals surface area contributed by atoms with Gasteiger partial charge in [-0.3, -0.25) is 4.79 Å². The highest BCUT2D eigenvalue weighted by atomic mass is 16.4. The first kappa shape index (κ1) is 14.4. The summed E-state index contributed by atoms with van der Waals surface area (Å²) in [6.07, 6.45) is 6.99. The molecule has 0 bridgehead atoms. The molecule has 1 rings (SSSR count). The van der Waals surface area contributed by atoms with Crippen molar-refractivity contribution in [2.24, 2.45) is 0 Å². The van der Waals surface area contributed by atoms with Crippen LogP contribution in [0.25, 0.3) is 0 Å². The van der Waals surface area contributed by atoms with Crippen molar-refractivity contribution in [2.45, 2.75) is 58.9 Å². The molecule has 0 saturated carbocycles. The molecule has 0 aromatic carbocycles. The topological polar surface area (TPSA) is 40.5 Å². The lowest BCUT2D eigenvalue weighted by molar-refractivity contribution is -0.134. The molecule has 3 heteroatoms. The van der Waals surface area contributed by atoms with Crippen molar-refractivity contribution in [3.63, 3.8) is 0 Å². The van der Waals surface area contributed by atoms with Crippen LogP contribution in [0.5, 0.6) is 0 Å². The van der Waals surface area contributed by atoms with E-state index in [9.17, 15) is 0 Å². The standard InChI is InChI=1S/C10H21N.C2H4O2/c1-3-8-11-9-6-5-7-10(11)4-2;1-2(3)4/h10H,3-9H2,1-2H3;1H3,(H,3,4). The molecule has 90 valence electrons. The van der Waals surface area contributed by atoms with Crippen LogP contribution in [0, 0.1) is 0 Å². The van der Waals surface area contributed by atoms with E-state index >= 15 is 0 Å². The average molecular weight is 215 g/mol. The van der Waals surface area contributed by atoms with Gasteiger partial charge in [-0.1, -0.05) is 20.3 Å². The Bertz CT molecular complexity index is 165. The molecule has 1 N–H and O–H groups in total. The third kappa shape index (κ3) is 7.37. The van der Waals surface area contributed by atoms with Crippen molar-refractivity contribution >= 4 is 5.97 Å². The maximum atomic E-state index is 9.00. The van der Waals surface area contributed by atoms with Crippen molar-refractivity contribution in [3.8, 4) is 0 Å². The van der Waals surface area contributed by atoms with Crippen molar-refractivity contribution < 1.29 is 9.90 Å². The molecule has 0 spiro atoms. The molecule has 1 atom stereocenters.